The minimum Gasteiger partial charge on any atom is -0.452 e. The zero-order chi connectivity index (χ0) is 21.7. The fraction of sp³-hybridized carbons (Fsp3) is 0.136. The van der Waals surface area contributed by atoms with Crippen molar-refractivity contribution in [1.82, 2.24) is 4.72 Å². The molecule has 0 aliphatic carbocycles. The molecule has 156 valence electrons. The van der Waals surface area contributed by atoms with Crippen LogP contribution in [-0.2, 0) is 14.8 Å². The topological polar surface area (TPSA) is 72.5 Å². The van der Waals surface area contributed by atoms with Gasteiger partial charge in [0.25, 0.3) is 0 Å². The van der Waals surface area contributed by atoms with E-state index in [0.29, 0.717) is 10.6 Å². The minimum atomic E-state index is -3.77. The summed E-state index contributed by atoms with van der Waals surface area (Å²) in [6.45, 7) is 1.74. The lowest BCUT2D eigenvalue weighted by Crippen LogP contribution is -2.30. The molecule has 0 radical (unpaired) electrons. The summed E-state index contributed by atoms with van der Waals surface area (Å²) in [6.07, 6.45) is -0.839. The van der Waals surface area contributed by atoms with Gasteiger partial charge in [0.2, 0.25) is 10.0 Å². The highest BCUT2D eigenvalue weighted by atomic mass is 35.5. The number of aryl methyl sites for hydroxylation is 1. The van der Waals surface area contributed by atoms with Crippen LogP contribution in [0.5, 0.6) is 0 Å². The van der Waals surface area contributed by atoms with E-state index in [2.05, 4.69) is 4.72 Å². The number of carbonyl (C=O) groups is 1. The molecule has 1 atom stereocenters. The maximum Gasteiger partial charge on any atom is 0.338 e. The predicted octanol–water partition coefficient (Wildman–Crippen LogP) is 5.18. The van der Waals surface area contributed by atoms with E-state index < -0.39 is 22.1 Å². The van der Waals surface area contributed by atoms with Crippen molar-refractivity contribution in [2.45, 2.75) is 17.9 Å². The number of hydrogen-bond acceptors (Lipinski definition) is 4. The Balaban J connectivity index is 1.80. The molecule has 0 fully saturated rings. The van der Waals surface area contributed by atoms with Crippen LogP contribution in [0.2, 0.25) is 10.0 Å². The van der Waals surface area contributed by atoms with Crippen molar-refractivity contribution in [1.29, 1.82) is 0 Å². The van der Waals surface area contributed by atoms with Crippen LogP contribution >= 0.6 is 23.2 Å². The van der Waals surface area contributed by atoms with Gasteiger partial charge in [0, 0.05) is 0 Å². The second-order valence-corrected chi connectivity index (χ2v) is 9.18. The lowest BCUT2D eigenvalue weighted by atomic mass is 10.1. The third-order valence-corrected chi connectivity index (χ3v) is 6.54. The summed E-state index contributed by atoms with van der Waals surface area (Å²) < 4.78 is 33.4. The normalized spacial score (nSPS) is 12.4. The Hall–Kier alpha value is -2.38. The first-order valence-electron chi connectivity index (χ1n) is 9.03. The first-order chi connectivity index (χ1) is 14.3. The Morgan fingerprint density at radius 2 is 1.63 bits per heavy atom. The minimum absolute atomic E-state index is 0.132. The van der Waals surface area contributed by atoms with E-state index in [-0.39, 0.29) is 22.0 Å². The van der Waals surface area contributed by atoms with E-state index in [4.69, 9.17) is 27.9 Å². The molecule has 0 bridgehead atoms. The van der Waals surface area contributed by atoms with Gasteiger partial charge in [-0.2, -0.15) is 0 Å². The summed E-state index contributed by atoms with van der Waals surface area (Å²) in [4.78, 5) is 12.8. The third-order valence-electron chi connectivity index (χ3n) is 4.37. The highest BCUT2D eigenvalue weighted by molar-refractivity contribution is 7.89. The van der Waals surface area contributed by atoms with Crippen molar-refractivity contribution >= 4 is 39.2 Å². The Morgan fingerprint density at radius 1 is 0.967 bits per heavy atom. The maximum atomic E-state index is 12.6. The SMILES string of the molecule is Cc1ccc(S(=O)(=O)NC[C@@H](OC(=O)c2ccc(Cl)c(Cl)c2)c2ccccc2)cc1. The average Bonchev–Trinajstić information content (AvgIpc) is 2.74. The molecule has 0 aliphatic rings. The molecule has 0 unspecified atom stereocenters. The third kappa shape index (κ3) is 5.61. The maximum absolute atomic E-state index is 12.6. The number of benzene rings is 3. The number of hydrogen-bond donors (Lipinski definition) is 1. The van der Waals surface area contributed by atoms with Gasteiger partial charge in [0.15, 0.2) is 0 Å². The fourth-order valence-electron chi connectivity index (χ4n) is 2.70. The molecule has 1 N–H and O–H groups in total. The first-order valence-corrected chi connectivity index (χ1v) is 11.3. The summed E-state index contributed by atoms with van der Waals surface area (Å²) in [6, 6.07) is 19.8. The molecule has 3 aromatic carbocycles. The number of nitrogens with one attached hydrogen (secondary N) is 1. The molecule has 0 amide bonds. The molecule has 3 aromatic rings. The van der Waals surface area contributed by atoms with Crippen LogP contribution in [0.1, 0.15) is 27.6 Å². The van der Waals surface area contributed by atoms with E-state index >= 15 is 0 Å². The summed E-state index contributed by atoms with van der Waals surface area (Å²) in [5.41, 5.74) is 1.82. The zero-order valence-corrected chi connectivity index (χ0v) is 18.3. The number of halogens is 2. The molecule has 0 heterocycles. The monoisotopic (exact) mass is 463 g/mol. The number of sulfonamides is 1. The standard InChI is InChI=1S/C22H19Cl2NO4S/c1-15-7-10-18(11-8-15)30(27,28)25-14-21(16-5-3-2-4-6-16)29-22(26)17-9-12-19(23)20(24)13-17/h2-13,21,25H,14H2,1H3/t21-/m1/s1. The number of ether oxygens (including phenoxy) is 1. The molecule has 0 aromatic heterocycles. The Kier molecular flexibility index (Phi) is 7.15. The molecular weight excluding hydrogens is 445 g/mol. The second-order valence-electron chi connectivity index (χ2n) is 6.60. The first kappa shape index (κ1) is 22.3. The molecule has 0 saturated heterocycles. The second kappa shape index (κ2) is 9.62. The van der Waals surface area contributed by atoms with Gasteiger partial charge >= 0.3 is 5.97 Å². The van der Waals surface area contributed by atoms with E-state index in [0.717, 1.165) is 5.56 Å². The summed E-state index contributed by atoms with van der Waals surface area (Å²) in [5, 5.41) is 0.543. The van der Waals surface area contributed by atoms with Crippen molar-refractivity contribution < 1.29 is 17.9 Å². The molecular formula is C22H19Cl2NO4S. The van der Waals surface area contributed by atoms with Crippen LogP contribution in [0.15, 0.2) is 77.7 Å². The number of esters is 1. The lowest BCUT2D eigenvalue weighted by molar-refractivity contribution is 0.0308. The average molecular weight is 464 g/mol. The van der Waals surface area contributed by atoms with Crippen molar-refractivity contribution in [3.63, 3.8) is 0 Å². The number of carbonyl (C=O) groups excluding carboxylic acids is 1. The Bertz CT molecular complexity index is 1130. The predicted molar refractivity (Wildman–Crippen MR) is 117 cm³/mol. The molecule has 0 spiro atoms. The van der Waals surface area contributed by atoms with Gasteiger partial charge in [-0.3, -0.25) is 0 Å². The Morgan fingerprint density at radius 3 is 2.27 bits per heavy atom. The summed E-state index contributed by atoms with van der Waals surface area (Å²) in [5.74, 6) is -0.642. The smallest absolute Gasteiger partial charge is 0.338 e. The molecule has 3 rings (SSSR count). The quantitative estimate of drug-likeness (QED) is 0.490. The van der Waals surface area contributed by atoms with Gasteiger partial charge < -0.3 is 4.74 Å². The fourth-order valence-corrected chi connectivity index (χ4v) is 4.03. The van der Waals surface area contributed by atoms with Crippen LogP contribution in [0.3, 0.4) is 0 Å². The van der Waals surface area contributed by atoms with Gasteiger partial charge in [0.1, 0.15) is 6.10 Å². The molecule has 30 heavy (non-hydrogen) atoms. The summed E-state index contributed by atoms with van der Waals surface area (Å²) in [7, 11) is -3.77. The zero-order valence-electron chi connectivity index (χ0n) is 16.0. The van der Waals surface area contributed by atoms with E-state index in [9.17, 15) is 13.2 Å². The van der Waals surface area contributed by atoms with Gasteiger partial charge in [0.05, 0.1) is 27.0 Å². The highest BCUT2D eigenvalue weighted by Gasteiger charge is 2.22. The van der Waals surface area contributed by atoms with Crippen LogP contribution in [-0.4, -0.2) is 20.9 Å². The van der Waals surface area contributed by atoms with Gasteiger partial charge in [-0.15, -0.1) is 0 Å². The van der Waals surface area contributed by atoms with Crippen molar-refractivity contribution in [2.75, 3.05) is 6.54 Å². The van der Waals surface area contributed by atoms with Crippen LogP contribution < -0.4 is 4.72 Å². The molecule has 0 saturated carbocycles. The van der Waals surface area contributed by atoms with Gasteiger partial charge in [-0.25, -0.2) is 17.9 Å². The molecule has 5 nitrogen and oxygen atoms in total. The highest BCUT2D eigenvalue weighted by Crippen LogP contribution is 2.25. The van der Waals surface area contributed by atoms with E-state index in [1.165, 1.54) is 30.3 Å². The van der Waals surface area contributed by atoms with Crippen LogP contribution in [0.4, 0.5) is 0 Å². The van der Waals surface area contributed by atoms with Crippen molar-refractivity contribution in [3.05, 3.63) is 99.5 Å². The lowest BCUT2D eigenvalue weighted by Gasteiger charge is -2.19. The van der Waals surface area contributed by atoms with E-state index in [1.807, 2.05) is 13.0 Å². The molecule has 8 heteroatoms. The van der Waals surface area contributed by atoms with Gasteiger partial charge in [-0.1, -0.05) is 71.2 Å². The molecule has 0 aliphatic heterocycles. The van der Waals surface area contributed by atoms with Crippen LogP contribution in [0, 0.1) is 6.92 Å². The number of rotatable bonds is 7. The van der Waals surface area contributed by atoms with Crippen LogP contribution in [0.25, 0.3) is 0 Å². The van der Waals surface area contributed by atoms with Crippen molar-refractivity contribution in [2.24, 2.45) is 0 Å². The summed E-state index contributed by atoms with van der Waals surface area (Å²) >= 11 is 11.9. The Labute approximate surface area is 185 Å². The van der Waals surface area contributed by atoms with Gasteiger partial charge in [-0.05, 0) is 42.8 Å². The van der Waals surface area contributed by atoms with E-state index in [1.54, 1.807) is 36.4 Å². The largest absolute Gasteiger partial charge is 0.452 e. The van der Waals surface area contributed by atoms with Crippen molar-refractivity contribution in [3.8, 4) is 0 Å².